The highest BCUT2D eigenvalue weighted by molar-refractivity contribution is 5.94. The highest BCUT2D eigenvalue weighted by Gasteiger charge is 2.31. The van der Waals surface area contributed by atoms with E-state index in [-0.39, 0.29) is 5.97 Å². The lowest BCUT2D eigenvalue weighted by Crippen LogP contribution is -2.13. The van der Waals surface area contributed by atoms with Gasteiger partial charge in [-0.25, -0.2) is 9.48 Å². The molecule has 0 N–H and O–H groups in total. The average molecular weight is 365 g/mol. The maximum Gasteiger partial charge on any atom is 0.355 e. The molecule has 1 aliphatic rings. The van der Waals surface area contributed by atoms with Crippen LogP contribution in [0.3, 0.4) is 0 Å². The number of aryl methyl sites for hydroxylation is 1. The number of rotatable bonds is 4. The molecule has 1 aliphatic carbocycles. The molecular formula is C21H23N3O3. The van der Waals surface area contributed by atoms with Gasteiger partial charge in [0.25, 0.3) is 0 Å². The van der Waals surface area contributed by atoms with Crippen LogP contribution in [0, 0.1) is 6.92 Å². The van der Waals surface area contributed by atoms with E-state index in [1.54, 1.807) is 7.11 Å². The van der Waals surface area contributed by atoms with Crippen LogP contribution in [-0.2, 0) is 24.6 Å². The zero-order valence-corrected chi connectivity index (χ0v) is 16.1. The Labute approximate surface area is 158 Å². The Morgan fingerprint density at radius 3 is 2.63 bits per heavy atom. The lowest BCUT2D eigenvalue weighted by Gasteiger charge is -2.12. The normalized spacial score (nSPS) is 12.4. The van der Waals surface area contributed by atoms with Gasteiger partial charge in [0.2, 0.25) is 0 Å². The number of hydrogen-bond acceptors (Lipinski definition) is 4. The molecule has 3 aromatic rings. The summed E-state index contributed by atoms with van der Waals surface area (Å²) < 4.78 is 14.3. The standard InChI is InChI=1S/C21H23N3O3/c1-5-27-21(25)20-17-11-6-14-12-24(15-7-9-16(26-4)10-8-15)22-19(14)18(17)13(2)23(20)3/h7-10,12H,5-6,11H2,1-4H3. The quantitative estimate of drug-likeness (QED) is 0.664. The Morgan fingerprint density at radius 2 is 1.96 bits per heavy atom. The first kappa shape index (κ1) is 17.4. The maximum absolute atomic E-state index is 12.5. The highest BCUT2D eigenvalue weighted by Crippen LogP contribution is 2.39. The van der Waals surface area contributed by atoms with Crippen LogP contribution in [0.15, 0.2) is 30.5 Å². The molecule has 2 aromatic heterocycles. The summed E-state index contributed by atoms with van der Waals surface area (Å²) in [6.07, 6.45) is 3.75. The van der Waals surface area contributed by atoms with Crippen LogP contribution in [-0.4, -0.2) is 34.0 Å². The molecule has 0 saturated heterocycles. The fraction of sp³-hybridized carbons (Fsp3) is 0.333. The molecule has 27 heavy (non-hydrogen) atoms. The van der Waals surface area contributed by atoms with Crippen molar-refractivity contribution in [3.63, 3.8) is 0 Å². The monoisotopic (exact) mass is 365 g/mol. The summed E-state index contributed by atoms with van der Waals surface area (Å²) in [7, 11) is 3.57. The Hall–Kier alpha value is -3.02. The number of esters is 1. The summed E-state index contributed by atoms with van der Waals surface area (Å²) in [4.78, 5) is 12.5. The molecule has 6 heteroatoms. The number of hydrogen-bond donors (Lipinski definition) is 0. The molecule has 0 aliphatic heterocycles. The number of fused-ring (bicyclic) bond motifs is 3. The van der Waals surface area contributed by atoms with Crippen molar-refractivity contribution >= 4 is 5.97 Å². The van der Waals surface area contributed by atoms with Crippen LogP contribution < -0.4 is 4.74 Å². The van der Waals surface area contributed by atoms with Crippen molar-refractivity contribution in [2.75, 3.05) is 13.7 Å². The second kappa shape index (κ2) is 6.61. The zero-order chi connectivity index (χ0) is 19.1. The topological polar surface area (TPSA) is 58.3 Å². The summed E-state index contributed by atoms with van der Waals surface area (Å²) in [5.74, 6) is 0.554. The van der Waals surface area contributed by atoms with Gasteiger partial charge < -0.3 is 14.0 Å². The minimum Gasteiger partial charge on any atom is -0.497 e. The number of ether oxygens (including phenoxy) is 2. The molecule has 0 fully saturated rings. The van der Waals surface area contributed by atoms with Gasteiger partial charge in [-0.2, -0.15) is 5.10 Å². The smallest absolute Gasteiger partial charge is 0.355 e. The first-order valence-electron chi connectivity index (χ1n) is 9.13. The molecule has 140 valence electrons. The average Bonchev–Trinajstić information content (AvgIpc) is 3.21. The van der Waals surface area contributed by atoms with Crippen molar-refractivity contribution < 1.29 is 14.3 Å². The molecule has 4 rings (SSSR count). The summed E-state index contributed by atoms with van der Waals surface area (Å²) in [6.45, 7) is 4.23. The summed E-state index contributed by atoms with van der Waals surface area (Å²) in [5, 5.41) is 4.85. The number of benzene rings is 1. The van der Waals surface area contributed by atoms with Crippen molar-refractivity contribution in [3.8, 4) is 22.7 Å². The van der Waals surface area contributed by atoms with Gasteiger partial charge in [-0.3, -0.25) is 0 Å². The highest BCUT2D eigenvalue weighted by atomic mass is 16.5. The van der Waals surface area contributed by atoms with E-state index in [0.717, 1.165) is 46.8 Å². The summed E-state index contributed by atoms with van der Waals surface area (Å²) in [5.41, 5.74) is 6.92. The lowest BCUT2D eigenvalue weighted by molar-refractivity contribution is 0.0513. The third-order valence-electron chi connectivity index (χ3n) is 5.26. The van der Waals surface area contributed by atoms with Crippen LogP contribution in [0.1, 0.15) is 34.2 Å². The Balaban J connectivity index is 1.81. The van der Waals surface area contributed by atoms with Crippen LogP contribution in [0.2, 0.25) is 0 Å². The minimum atomic E-state index is -0.262. The van der Waals surface area contributed by atoms with E-state index in [0.29, 0.717) is 12.3 Å². The fourth-order valence-corrected chi connectivity index (χ4v) is 3.82. The largest absolute Gasteiger partial charge is 0.497 e. The van der Waals surface area contributed by atoms with E-state index >= 15 is 0 Å². The summed E-state index contributed by atoms with van der Waals surface area (Å²) in [6, 6.07) is 7.82. The van der Waals surface area contributed by atoms with Crippen molar-refractivity contribution in [3.05, 3.63) is 53.0 Å². The number of aromatic nitrogens is 3. The maximum atomic E-state index is 12.5. The molecular weight excluding hydrogens is 342 g/mol. The number of methoxy groups -OCH3 is 1. The predicted octanol–water partition coefficient (Wildman–Crippen LogP) is 3.47. The van der Waals surface area contributed by atoms with Gasteiger partial charge in [0.1, 0.15) is 11.4 Å². The van der Waals surface area contributed by atoms with Crippen molar-refractivity contribution in [2.45, 2.75) is 26.7 Å². The molecule has 0 atom stereocenters. The Morgan fingerprint density at radius 1 is 1.22 bits per heavy atom. The van der Waals surface area contributed by atoms with Crippen molar-refractivity contribution in [1.29, 1.82) is 0 Å². The molecule has 6 nitrogen and oxygen atoms in total. The van der Waals surface area contributed by atoms with Gasteiger partial charge in [0.05, 0.1) is 25.1 Å². The Kier molecular flexibility index (Phi) is 4.26. The van der Waals surface area contributed by atoms with Crippen molar-refractivity contribution in [1.82, 2.24) is 14.3 Å². The number of carbonyl (C=O) groups is 1. The molecule has 2 heterocycles. The zero-order valence-electron chi connectivity index (χ0n) is 16.1. The fourth-order valence-electron chi connectivity index (χ4n) is 3.82. The van der Waals surface area contributed by atoms with Crippen molar-refractivity contribution in [2.24, 2.45) is 7.05 Å². The first-order valence-corrected chi connectivity index (χ1v) is 9.13. The second-order valence-electron chi connectivity index (χ2n) is 6.71. The molecule has 1 aromatic carbocycles. The van der Waals surface area contributed by atoms with E-state index in [1.807, 2.05) is 54.4 Å². The molecule has 0 saturated carbocycles. The molecule has 0 unspecified atom stereocenters. The molecule has 0 spiro atoms. The van der Waals surface area contributed by atoms with E-state index in [2.05, 4.69) is 6.20 Å². The van der Waals surface area contributed by atoms with Gasteiger partial charge in [-0.1, -0.05) is 0 Å². The van der Waals surface area contributed by atoms with E-state index in [4.69, 9.17) is 14.6 Å². The van der Waals surface area contributed by atoms with Gasteiger partial charge >= 0.3 is 5.97 Å². The number of carbonyl (C=O) groups excluding carboxylic acids is 1. The van der Waals surface area contributed by atoms with Gasteiger partial charge in [0, 0.05) is 24.5 Å². The third kappa shape index (κ3) is 2.72. The van der Waals surface area contributed by atoms with Gasteiger partial charge in [0.15, 0.2) is 0 Å². The van der Waals surface area contributed by atoms with Crippen LogP contribution in [0.25, 0.3) is 16.9 Å². The van der Waals surface area contributed by atoms with Gasteiger partial charge in [-0.05, 0) is 62.1 Å². The molecule has 0 amide bonds. The van der Waals surface area contributed by atoms with Gasteiger partial charge in [-0.15, -0.1) is 0 Å². The van der Waals surface area contributed by atoms with Crippen LogP contribution >= 0.6 is 0 Å². The van der Waals surface area contributed by atoms with E-state index in [1.165, 1.54) is 5.56 Å². The van der Waals surface area contributed by atoms with Crippen LogP contribution in [0.4, 0.5) is 0 Å². The van der Waals surface area contributed by atoms with E-state index in [9.17, 15) is 4.79 Å². The second-order valence-corrected chi connectivity index (χ2v) is 6.71. The minimum absolute atomic E-state index is 0.262. The molecule has 0 radical (unpaired) electrons. The number of nitrogens with zero attached hydrogens (tertiary/aromatic N) is 3. The van der Waals surface area contributed by atoms with E-state index < -0.39 is 0 Å². The van der Waals surface area contributed by atoms with Crippen LogP contribution in [0.5, 0.6) is 5.75 Å². The first-order chi connectivity index (χ1) is 13.0. The Bertz CT molecular complexity index is 1010. The lowest BCUT2D eigenvalue weighted by atomic mass is 9.91. The predicted molar refractivity (Wildman–Crippen MR) is 103 cm³/mol. The summed E-state index contributed by atoms with van der Waals surface area (Å²) >= 11 is 0. The SMILES string of the molecule is CCOC(=O)c1c2c(c(C)n1C)-c1nn(-c3ccc(OC)cc3)cc1CC2. The third-order valence-corrected chi connectivity index (χ3v) is 5.26. The molecule has 0 bridgehead atoms.